The highest BCUT2D eigenvalue weighted by Gasteiger charge is 2.28. The van der Waals surface area contributed by atoms with Crippen molar-refractivity contribution in [2.45, 2.75) is 31.5 Å². The Morgan fingerprint density at radius 3 is 2.40 bits per heavy atom. The molecule has 15 heavy (non-hydrogen) atoms. The van der Waals surface area contributed by atoms with Gasteiger partial charge in [0.05, 0.1) is 6.10 Å². The molecule has 0 aliphatic heterocycles. The molecule has 1 saturated carbocycles. The fourth-order valence-corrected chi connectivity index (χ4v) is 1.79. The maximum atomic E-state index is 13.2. The van der Waals surface area contributed by atoms with E-state index in [0.29, 0.717) is 12.8 Å². The van der Waals surface area contributed by atoms with E-state index in [-0.39, 0.29) is 5.75 Å². The first kappa shape index (κ1) is 10.4. The summed E-state index contributed by atoms with van der Waals surface area (Å²) in [6.07, 6.45) is 0.970. The van der Waals surface area contributed by atoms with E-state index < -0.39 is 23.8 Å². The third-order valence-electron chi connectivity index (χ3n) is 2.61. The fourth-order valence-electron chi connectivity index (χ4n) is 1.79. The first-order valence-corrected chi connectivity index (χ1v) is 4.97. The fraction of sp³-hybridized carbons (Fsp3) is 0.455. The summed E-state index contributed by atoms with van der Waals surface area (Å²) in [6, 6.07) is 3.56. The molecule has 1 aromatic rings. The third-order valence-corrected chi connectivity index (χ3v) is 2.61. The summed E-state index contributed by atoms with van der Waals surface area (Å²) >= 11 is 0. The van der Waals surface area contributed by atoms with Crippen LogP contribution in [-0.4, -0.2) is 17.3 Å². The van der Waals surface area contributed by atoms with Crippen LogP contribution in [0.5, 0.6) is 5.75 Å². The predicted molar refractivity (Wildman–Crippen MR) is 50.6 cm³/mol. The van der Waals surface area contributed by atoms with Crippen LogP contribution in [0.2, 0.25) is 0 Å². The molecule has 0 spiro atoms. The van der Waals surface area contributed by atoms with Gasteiger partial charge in [0.25, 0.3) is 0 Å². The molecule has 0 saturated heterocycles. The number of ether oxygens (including phenoxy) is 1. The summed E-state index contributed by atoms with van der Waals surface area (Å²) in [6.45, 7) is 0. The first-order chi connectivity index (χ1) is 7.18. The van der Waals surface area contributed by atoms with Crippen molar-refractivity contribution in [3.8, 4) is 5.75 Å². The average Bonchev–Trinajstić information content (AvgIpc) is 2.58. The van der Waals surface area contributed by atoms with Gasteiger partial charge in [-0.05, 0) is 31.4 Å². The lowest BCUT2D eigenvalue weighted by Crippen LogP contribution is -2.26. The van der Waals surface area contributed by atoms with Gasteiger partial charge in [-0.15, -0.1) is 0 Å². The number of halogens is 2. The predicted octanol–water partition coefficient (Wildman–Crippen LogP) is 2.26. The minimum absolute atomic E-state index is 0.386. The topological polar surface area (TPSA) is 29.5 Å². The largest absolute Gasteiger partial charge is 0.482 e. The monoisotopic (exact) mass is 214 g/mol. The summed E-state index contributed by atoms with van der Waals surface area (Å²) in [5.41, 5.74) is 0. The summed E-state index contributed by atoms with van der Waals surface area (Å²) in [4.78, 5) is 0. The highest BCUT2D eigenvalue weighted by molar-refractivity contribution is 5.26. The van der Waals surface area contributed by atoms with Crippen molar-refractivity contribution in [1.82, 2.24) is 0 Å². The Balaban J connectivity index is 2.16. The van der Waals surface area contributed by atoms with Gasteiger partial charge < -0.3 is 9.84 Å². The summed E-state index contributed by atoms with van der Waals surface area (Å²) in [5, 5.41) is 9.46. The number of aliphatic hydroxyl groups is 1. The van der Waals surface area contributed by atoms with Crippen LogP contribution < -0.4 is 4.74 Å². The van der Waals surface area contributed by atoms with Crippen LogP contribution in [0, 0.1) is 11.6 Å². The van der Waals surface area contributed by atoms with E-state index in [2.05, 4.69) is 0 Å². The number of para-hydroxylation sites is 1. The number of benzene rings is 1. The van der Waals surface area contributed by atoms with Crippen molar-refractivity contribution in [3.05, 3.63) is 29.8 Å². The van der Waals surface area contributed by atoms with E-state index in [1.54, 1.807) is 0 Å². The second-order valence-electron chi connectivity index (χ2n) is 3.71. The Labute approximate surface area is 86.5 Å². The molecule has 0 aromatic heterocycles. The van der Waals surface area contributed by atoms with Crippen molar-refractivity contribution in [1.29, 1.82) is 0 Å². The van der Waals surface area contributed by atoms with Gasteiger partial charge in [0.15, 0.2) is 17.4 Å². The molecule has 0 amide bonds. The Hall–Kier alpha value is -1.16. The molecule has 0 unspecified atom stereocenters. The van der Waals surface area contributed by atoms with Crippen LogP contribution in [0.4, 0.5) is 8.78 Å². The molecule has 82 valence electrons. The van der Waals surface area contributed by atoms with Crippen molar-refractivity contribution in [3.63, 3.8) is 0 Å². The molecule has 0 heterocycles. The van der Waals surface area contributed by atoms with Crippen molar-refractivity contribution in [2.75, 3.05) is 0 Å². The molecule has 1 aliphatic rings. The Morgan fingerprint density at radius 1 is 1.20 bits per heavy atom. The maximum absolute atomic E-state index is 13.2. The van der Waals surface area contributed by atoms with Gasteiger partial charge in [0.1, 0.15) is 6.10 Å². The van der Waals surface area contributed by atoms with Gasteiger partial charge in [-0.25, -0.2) is 8.78 Å². The van der Waals surface area contributed by atoms with Crippen LogP contribution in [0.25, 0.3) is 0 Å². The minimum atomic E-state index is -0.728. The quantitative estimate of drug-likeness (QED) is 0.818. The van der Waals surface area contributed by atoms with E-state index in [0.717, 1.165) is 18.6 Å². The third kappa shape index (κ3) is 2.09. The molecule has 1 N–H and O–H groups in total. The van der Waals surface area contributed by atoms with E-state index in [4.69, 9.17) is 4.74 Å². The van der Waals surface area contributed by atoms with Gasteiger partial charge >= 0.3 is 0 Å². The summed E-state index contributed by atoms with van der Waals surface area (Å²) in [7, 11) is 0. The first-order valence-electron chi connectivity index (χ1n) is 4.97. The molecule has 1 aliphatic carbocycles. The maximum Gasteiger partial charge on any atom is 0.191 e. The van der Waals surface area contributed by atoms with E-state index in [1.165, 1.54) is 6.07 Å². The molecular weight excluding hydrogens is 202 g/mol. The van der Waals surface area contributed by atoms with Gasteiger partial charge in [0, 0.05) is 0 Å². The SMILES string of the molecule is O[C@H]1CCC[C@@H]1Oc1c(F)cccc1F. The van der Waals surface area contributed by atoms with Crippen molar-refractivity contribution < 1.29 is 18.6 Å². The second kappa shape index (κ2) is 4.14. The van der Waals surface area contributed by atoms with E-state index in [1.807, 2.05) is 0 Å². The molecular formula is C11H12F2O2. The van der Waals surface area contributed by atoms with Crippen molar-refractivity contribution in [2.24, 2.45) is 0 Å². The lowest BCUT2D eigenvalue weighted by atomic mass is 10.2. The number of rotatable bonds is 2. The van der Waals surface area contributed by atoms with Crippen LogP contribution in [0.3, 0.4) is 0 Å². The average molecular weight is 214 g/mol. The normalized spacial score (nSPS) is 25.5. The number of hydrogen-bond acceptors (Lipinski definition) is 2. The standard InChI is InChI=1S/C11H12F2O2/c12-7-3-1-4-8(13)11(7)15-10-6-2-5-9(10)14/h1,3-4,9-10,14H,2,5-6H2/t9-,10-/m0/s1. The van der Waals surface area contributed by atoms with Crippen molar-refractivity contribution >= 4 is 0 Å². The minimum Gasteiger partial charge on any atom is -0.482 e. The summed E-state index contributed by atoms with van der Waals surface area (Å²) < 4.78 is 31.5. The van der Waals surface area contributed by atoms with Gasteiger partial charge in [-0.3, -0.25) is 0 Å². The highest BCUT2D eigenvalue weighted by atomic mass is 19.1. The smallest absolute Gasteiger partial charge is 0.191 e. The summed E-state index contributed by atoms with van der Waals surface area (Å²) in [5.74, 6) is -1.84. The van der Waals surface area contributed by atoms with Crippen LogP contribution in [-0.2, 0) is 0 Å². The van der Waals surface area contributed by atoms with Crippen LogP contribution in [0.1, 0.15) is 19.3 Å². The Bertz CT molecular complexity index is 334. The van der Waals surface area contributed by atoms with Gasteiger partial charge in [0.2, 0.25) is 0 Å². The lowest BCUT2D eigenvalue weighted by Gasteiger charge is -2.17. The van der Waals surface area contributed by atoms with Gasteiger partial charge in [-0.1, -0.05) is 6.07 Å². The Kier molecular flexibility index (Phi) is 2.86. The lowest BCUT2D eigenvalue weighted by molar-refractivity contribution is 0.0551. The molecule has 4 heteroatoms. The molecule has 1 fully saturated rings. The molecule has 2 atom stereocenters. The van der Waals surface area contributed by atoms with E-state index in [9.17, 15) is 13.9 Å². The zero-order valence-electron chi connectivity index (χ0n) is 8.12. The molecule has 0 radical (unpaired) electrons. The molecule has 1 aromatic carbocycles. The number of aliphatic hydroxyl groups excluding tert-OH is 1. The Morgan fingerprint density at radius 2 is 1.87 bits per heavy atom. The van der Waals surface area contributed by atoms with Crippen LogP contribution >= 0.6 is 0 Å². The molecule has 2 nitrogen and oxygen atoms in total. The second-order valence-corrected chi connectivity index (χ2v) is 3.71. The van der Waals surface area contributed by atoms with Gasteiger partial charge in [-0.2, -0.15) is 0 Å². The highest BCUT2D eigenvalue weighted by Crippen LogP contribution is 2.28. The zero-order chi connectivity index (χ0) is 10.8. The number of hydrogen-bond donors (Lipinski definition) is 1. The molecule has 2 rings (SSSR count). The van der Waals surface area contributed by atoms with E-state index >= 15 is 0 Å². The zero-order valence-corrected chi connectivity index (χ0v) is 8.12. The molecule has 0 bridgehead atoms. The van der Waals surface area contributed by atoms with Crippen LogP contribution in [0.15, 0.2) is 18.2 Å².